The fourth-order valence-electron chi connectivity index (χ4n) is 4.13. The van der Waals surface area contributed by atoms with Crippen LogP contribution in [0.3, 0.4) is 0 Å². The van der Waals surface area contributed by atoms with Crippen LogP contribution in [-0.4, -0.2) is 54.8 Å². The summed E-state index contributed by atoms with van der Waals surface area (Å²) >= 11 is 6.02. The Labute approximate surface area is 188 Å². The van der Waals surface area contributed by atoms with Gasteiger partial charge in [0.25, 0.3) is 0 Å². The molecule has 1 saturated heterocycles. The zero-order chi connectivity index (χ0) is 21.5. The second-order valence-corrected chi connectivity index (χ2v) is 8.52. The Morgan fingerprint density at radius 2 is 1.84 bits per heavy atom. The number of amides is 1. The van der Waals surface area contributed by atoms with Crippen LogP contribution < -0.4 is 5.32 Å². The van der Waals surface area contributed by atoms with Crippen LogP contribution in [0.4, 0.5) is 0 Å². The van der Waals surface area contributed by atoms with Gasteiger partial charge in [-0.1, -0.05) is 41.9 Å². The number of morpholine rings is 1. The molecule has 1 aliphatic rings. The number of nitrogens with one attached hydrogen (secondary N) is 1. The van der Waals surface area contributed by atoms with Crippen molar-refractivity contribution in [1.29, 1.82) is 0 Å². The van der Waals surface area contributed by atoms with Crippen LogP contribution in [0, 0.1) is 0 Å². The molecule has 1 aliphatic heterocycles. The highest BCUT2D eigenvalue weighted by Gasteiger charge is 2.12. The van der Waals surface area contributed by atoms with Crippen molar-refractivity contribution in [2.75, 3.05) is 39.4 Å². The molecule has 164 valence electrons. The number of nitrogens with zero attached hydrogens (tertiary/aromatic N) is 2. The Bertz CT molecular complexity index is 994. The third-order valence-electron chi connectivity index (χ3n) is 5.84. The van der Waals surface area contributed by atoms with E-state index in [0.717, 1.165) is 63.8 Å². The summed E-state index contributed by atoms with van der Waals surface area (Å²) in [6.45, 7) is 6.15. The molecule has 4 rings (SSSR count). The van der Waals surface area contributed by atoms with Gasteiger partial charge in [0.15, 0.2) is 0 Å². The minimum absolute atomic E-state index is 0.122. The van der Waals surface area contributed by atoms with Crippen LogP contribution in [0.2, 0.25) is 5.02 Å². The summed E-state index contributed by atoms with van der Waals surface area (Å²) in [4.78, 5) is 14.8. The number of hydrogen-bond acceptors (Lipinski definition) is 3. The molecule has 1 aromatic heterocycles. The van der Waals surface area contributed by atoms with E-state index in [0.29, 0.717) is 6.42 Å². The lowest BCUT2D eigenvalue weighted by Crippen LogP contribution is -2.38. The number of carbonyl (C=O) groups excluding carboxylic acids is 1. The van der Waals surface area contributed by atoms with E-state index in [1.807, 2.05) is 12.1 Å². The fraction of sp³-hybridized carbons (Fsp3) is 0.400. The molecular weight excluding hydrogens is 410 g/mol. The highest BCUT2D eigenvalue weighted by Crippen LogP contribution is 2.24. The van der Waals surface area contributed by atoms with Gasteiger partial charge >= 0.3 is 0 Å². The van der Waals surface area contributed by atoms with E-state index in [-0.39, 0.29) is 5.91 Å². The predicted octanol–water partition coefficient (Wildman–Crippen LogP) is 4.11. The molecule has 0 aliphatic carbocycles. The van der Waals surface area contributed by atoms with Gasteiger partial charge < -0.3 is 14.6 Å². The largest absolute Gasteiger partial charge is 0.379 e. The highest BCUT2D eigenvalue weighted by atomic mass is 35.5. The summed E-state index contributed by atoms with van der Waals surface area (Å²) < 4.78 is 7.63. The number of benzene rings is 2. The smallest absolute Gasteiger partial charge is 0.220 e. The monoisotopic (exact) mass is 439 g/mol. The predicted molar refractivity (Wildman–Crippen MR) is 126 cm³/mol. The van der Waals surface area contributed by atoms with E-state index in [1.165, 1.54) is 22.0 Å². The van der Waals surface area contributed by atoms with E-state index < -0.39 is 0 Å². The van der Waals surface area contributed by atoms with Gasteiger partial charge in [-0.05, 0) is 48.7 Å². The van der Waals surface area contributed by atoms with Gasteiger partial charge in [0.2, 0.25) is 5.91 Å². The van der Waals surface area contributed by atoms with Crippen molar-refractivity contribution in [2.24, 2.45) is 0 Å². The molecule has 0 atom stereocenters. The number of fused-ring (bicyclic) bond motifs is 1. The Morgan fingerprint density at radius 3 is 2.65 bits per heavy atom. The molecule has 0 saturated carbocycles. The molecule has 3 aromatic rings. The minimum Gasteiger partial charge on any atom is -0.379 e. The molecule has 5 nitrogen and oxygen atoms in total. The summed E-state index contributed by atoms with van der Waals surface area (Å²) in [5, 5.41) is 5.04. The molecule has 1 fully saturated rings. The van der Waals surface area contributed by atoms with Crippen molar-refractivity contribution in [1.82, 2.24) is 14.8 Å². The van der Waals surface area contributed by atoms with Gasteiger partial charge in [-0.25, -0.2) is 0 Å². The maximum Gasteiger partial charge on any atom is 0.220 e. The SMILES string of the molecule is O=C(CCc1cn(Cc2ccc(Cl)cc2)c2ccccc12)NCCCN1CCOCC1. The Kier molecular flexibility index (Phi) is 7.62. The zero-order valence-corrected chi connectivity index (χ0v) is 18.6. The van der Waals surface area contributed by atoms with Crippen molar-refractivity contribution in [3.05, 3.63) is 70.9 Å². The van der Waals surface area contributed by atoms with Crippen LogP contribution in [0.1, 0.15) is 24.0 Å². The maximum atomic E-state index is 12.4. The first kappa shape index (κ1) is 21.9. The zero-order valence-electron chi connectivity index (χ0n) is 17.9. The lowest BCUT2D eigenvalue weighted by molar-refractivity contribution is -0.121. The molecular formula is C25H30ClN3O2. The second-order valence-electron chi connectivity index (χ2n) is 8.08. The first-order chi connectivity index (χ1) is 15.2. The topological polar surface area (TPSA) is 46.5 Å². The summed E-state index contributed by atoms with van der Waals surface area (Å²) in [6, 6.07) is 16.4. The molecule has 0 radical (unpaired) electrons. The van der Waals surface area contributed by atoms with Gasteiger partial charge in [-0.2, -0.15) is 0 Å². The molecule has 2 heterocycles. The van der Waals surface area contributed by atoms with E-state index in [1.54, 1.807) is 0 Å². The van der Waals surface area contributed by atoms with Gasteiger partial charge in [0, 0.05) is 54.7 Å². The van der Waals surface area contributed by atoms with Gasteiger partial charge in [-0.3, -0.25) is 9.69 Å². The number of carbonyl (C=O) groups is 1. The fourth-order valence-corrected chi connectivity index (χ4v) is 4.26. The molecule has 2 aromatic carbocycles. The Morgan fingerprint density at radius 1 is 1.06 bits per heavy atom. The van der Waals surface area contributed by atoms with Crippen LogP contribution in [0.5, 0.6) is 0 Å². The quantitative estimate of drug-likeness (QED) is 0.510. The lowest BCUT2D eigenvalue weighted by atomic mass is 10.1. The molecule has 1 N–H and O–H groups in total. The normalized spacial score (nSPS) is 14.7. The van der Waals surface area contributed by atoms with E-state index in [2.05, 4.69) is 57.4 Å². The number of aromatic nitrogens is 1. The van der Waals surface area contributed by atoms with Gasteiger partial charge in [-0.15, -0.1) is 0 Å². The number of halogens is 1. The van der Waals surface area contributed by atoms with E-state index >= 15 is 0 Å². The van der Waals surface area contributed by atoms with Crippen molar-refractivity contribution in [3.8, 4) is 0 Å². The van der Waals surface area contributed by atoms with E-state index in [9.17, 15) is 4.79 Å². The van der Waals surface area contributed by atoms with Crippen molar-refractivity contribution in [3.63, 3.8) is 0 Å². The van der Waals surface area contributed by atoms with Crippen LogP contribution in [0.15, 0.2) is 54.7 Å². The average molecular weight is 440 g/mol. The minimum atomic E-state index is 0.122. The third kappa shape index (κ3) is 6.10. The number of rotatable bonds is 9. The van der Waals surface area contributed by atoms with E-state index in [4.69, 9.17) is 16.3 Å². The van der Waals surface area contributed by atoms with Gasteiger partial charge in [0.05, 0.1) is 13.2 Å². The van der Waals surface area contributed by atoms with Crippen LogP contribution in [0.25, 0.3) is 10.9 Å². The number of para-hydroxylation sites is 1. The first-order valence-corrected chi connectivity index (χ1v) is 11.4. The number of ether oxygens (including phenoxy) is 1. The molecule has 31 heavy (non-hydrogen) atoms. The first-order valence-electron chi connectivity index (χ1n) is 11.1. The molecule has 6 heteroatoms. The number of aryl methyl sites for hydroxylation is 1. The van der Waals surface area contributed by atoms with Crippen LogP contribution in [-0.2, 0) is 22.5 Å². The summed E-state index contributed by atoms with van der Waals surface area (Å²) in [7, 11) is 0. The number of hydrogen-bond donors (Lipinski definition) is 1. The standard InChI is InChI=1S/C25H30ClN3O2/c26-22-9-6-20(7-10-22)18-29-19-21(23-4-1-2-5-24(23)29)8-11-25(30)27-12-3-13-28-14-16-31-17-15-28/h1-2,4-7,9-10,19H,3,8,11-18H2,(H,27,30). The summed E-state index contributed by atoms with van der Waals surface area (Å²) in [6.07, 6.45) is 4.41. The Hall–Kier alpha value is -2.34. The second kappa shape index (κ2) is 10.8. The average Bonchev–Trinajstić information content (AvgIpc) is 3.15. The Balaban J connectivity index is 1.30. The summed E-state index contributed by atoms with van der Waals surface area (Å²) in [5.41, 5.74) is 3.61. The third-order valence-corrected chi connectivity index (χ3v) is 6.09. The molecule has 0 unspecified atom stereocenters. The van der Waals surface area contributed by atoms with Crippen molar-refractivity contribution < 1.29 is 9.53 Å². The maximum absolute atomic E-state index is 12.4. The molecule has 0 spiro atoms. The molecule has 0 bridgehead atoms. The highest BCUT2D eigenvalue weighted by molar-refractivity contribution is 6.30. The van der Waals surface area contributed by atoms with Gasteiger partial charge in [0.1, 0.15) is 0 Å². The van der Waals surface area contributed by atoms with Crippen molar-refractivity contribution >= 4 is 28.4 Å². The summed E-state index contributed by atoms with van der Waals surface area (Å²) in [5.74, 6) is 0.122. The van der Waals surface area contributed by atoms with Crippen LogP contribution >= 0.6 is 11.6 Å². The van der Waals surface area contributed by atoms with Crippen molar-refractivity contribution in [2.45, 2.75) is 25.8 Å². The molecule has 1 amide bonds. The lowest BCUT2D eigenvalue weighted by Gasteiger charge is -2.26.